The van der Waals surface area contributed by atoms with Crippen LogP contribution in [0.1, 0.15) is 48.3 Å². The van der Waals surface area contributed by atoms with E-state index in [1.165, 1.54) is 0 Å². The lowest BCUT2D eigenvalue weighted by Gasteiger charge is -2.32. The SMILES string of the molecule is CCOc1ccc(CC(=O)N2CCC(c3cc(C(F)(F)F)n4nc(C)cc4n3)CC2)cc1. The first-order valence-electron chi connectivity index (χ1n) is 10.7. The van der Waals surface area contributed by atoms with Crippen molar-refractivity contribution in [3.8, 4) is 5.75 Å². The normalized spacial score (nSPS) is 15.3. The summed E-state index contributed by atoms with van der Waals surface area (Å²) < 4.78 is 47.0. The molecule has 170 valence electrons. The summed E-state index contributed by atoms with van der Waals surface area (Å²) in [5.41, 5.74) is 1.16. The van der Waals surface area contributed by atoms with Gasteiger partial charge in [0.25, 0.3) is 0 Å². The molecule has 4 rings (SSSR count). The predicted octanol–water partition coefficient (Wildman–Crippen LogP) is 4.40. The molecule has 0 saturated carbocycles. The zero-order valence-electron chi connectivity index (χ0n) is 18.0. The lowest BCUT2D eigenvalue weighted by Crippen LogP contribution is -2.39. The number of rotatable bonds is 5. The average molecular weight is 446 g/mol. The van der Waals surface area contributed by atoms with E-state index >= 15 is 0 Å². The molecule has 0 bridgehead atoms. The van der Waals surface area contributed by atoms with Crippen molar-refractivity contribution >= 4 is 11.6 Å². The molecule has 32 heavy (non-hydrogen) atoms. The van der Waals surface area contributed by atoms with Gasteiger partial charge in [0.15, 0.2) is 5.65 Å². The van der Waals surface area contributed by atoms with Crippen molar-refractivity contribution in [1.29, 1.82) is 0 Å². The maximum atomic E-state index is 13.6. The standard InChI is InChI=1S/C23H25F3N4O2/c1-3-32-18-6-4-16(5-7-18)13-22(31)29-10-8-17(9-11-29)19-14-20(23(24,25)26)30-21(27-19)12-15(2)28-30/h4-7,12,14,17H,3,8-11,13H2,1-2H3. The first-order chi connectivity index (χ1) is 15.2. The summed E-state index contributed by atoms with van der Waals surface area (Å²) >= 11 is 0. The van der Waals surface area contributed by atoms with Gasteiger partial charge in [0.05, 0.1) is 18.7 Å². The minimum atomic E-state index is -4.53. The first-order valence-corrected chi connectivity index (χ1v) is 10.7. The molecule has 0 unspecified atom stereocenters. The number of aromatic nitrogens is 3. The molecule has 0 atom stereocenters. The van der Waals surface area contributed by atoms with Gasteiger partial charge in [-0.25, -0.2) is 9.50 Å². The van der Waals surface area contributed by atoms with Crippen LogP contribution in [-0.4, -0.2) is 45.1 Å². The summed E-state index contributed by atoms with van der Waals surface area (Å²) in [6, 6.07) is 10.1. The van der Waals surface area contributed by atoms with Gasteiger partial charge in [0, 0.05) is 30.8 Å². The third-order valence-electron chi connectivity index (χ3n) is 5.72. The van der Waals surface area contributed by atoms with Crippen LogP contribution in [0.2, 0.25) is 0 Å². The number of amides is 1. The third kappa shape index (κ3) is 4.71. The van der Waals surface area contributed by atoms with E-state index in [4.69, 9.17) is 4.74 Å². The van der Waals surface area contributed by atoms with Gasteiger partial charge in [0.1, 0.15) is 11.4 Å². The van der Waals surface area contributed by atoms with Crippen LogP contribution in [0.4, 0.5) is 13.2 Å². The summed E-state index contributed by atoms with van der Waals surface area (Å²) in [5.74, 6) is 0.643. The van der Waals surface area contributed by atoms with Gasteiger partial charge in [0.2, 0.25) is 5.91 Å². The van der Waals surface area contributed by atoms with Crippen molar-refractivity contribution in [1.82, 2.24) is 19.5 Å². The lowest BCUT2D eigenvalue weighted by molar-refractivity contribution is -0.142. The number of nitrogens with zero attached hydrogens (tertiary/aromatic N) is 4. The number of carbonyl (C=O) groups excluding carboxylic acids is 1. The van der Waals surface area contributed by atoms with Gasteiger partial charge < -0.3 is 9.64 Å². The largest absolute Gasteiger partial charge is 0.494 e. The molecule has 0 aliphatic carbocycles. The lowest BCUT2D eigenvalue weighted by atomic mass is 9.92. The molecule has 1 aromatic carbocycles. The van der Waals surface area contributed by atoms with Crippen molar-refractivity contribution in [2.24, 2.45) is 0 Å². The minimum Gasteiger partial charge on any atom is -0.494 e. The van der Waals surface area contributed by atoms with Crippen LogP contribution in [0.5, 0.6) is 5.75 Å². The van der Waals surface area contributed by atoms with Crippen LogP contribution in [0.15, 0.2) is 36.4 Å². The van der Waals surface area contributed by atoms with E-state index in [2.05, 4.69) is 10.1 Å². The van der Waals surface area contributed by atoms with Crippen LogP contribution < -0.4 is 4.74 Å². The van der Waals surface area contributed by atoms with Crippen LogP contribution >= 0.6 is 0 Å². The molecule has 2 aromatic heterocycles. The van der Waals surface area contributed by atoms with Gasteiger partial charge in [-0.15, -0.1) is 0 Å². The van der Waals surface area contributed by atoms with Crippen LogP contribution in [0.3, 0.4) is 0 Å². The number of benzene rings is 1. The Morgan fingerprint density at radius 2 is 1.84 bits per heavy atom. The zero-order chi connectivity index (χ0) is 22.9. The topological polar surface area (TPSA) is 59.7 Å². The summed E-state index contributed by atoms with van der Waals surface area (Å²) in [5, 5.41) is 3.93. The highest BCUT2D eigenvalue weighted by Crippen LogP contribution is 2.34. The second-order valence-corrected chi connectivity index (χ2v) is 8.03. The first kappa shape index (κ1) is 22.1. The molecule has 0 spiro atoms. The molecule has 3 heterocycles. The Balaban J connectivity index is 1.43. The van der Waals surface area contributed by atoms with Crippen LogP contribution in [-0.2, 0) is 17.4 Å². The molecule has 9 heteroatoms. The minimum absolute atomic E-state index is 0.0124. The summed E-state index contributed by atoms with van der Waals surface area (Å²) in [7, 11) is 0. The maximum absolute atomic E-state index is 13.6. The van der Waals surface area contributed by atoms with E-state index in [9.17, 15) is 18.0 Å². The quantitative estimate of drug-likeness (QED) is 0.583. The zero-order valence-corrected chi connectivity index (χ0v) is 18.0. The second kappa shape index (κ2) is 8.80. The molecule has 1 aliphatic heterocycles. The fraction of sp³-hybridized carbons (Fsp3) is 0.435. The fourth-order valence-corrected chi connectivity index (χ4v) is 4.10. The molecule has 6 nitrogen and oxygen atoms in total. The Hall–Kier alpha value is -3.10. The Kier molecular flexibility index (Phi) is 6.08. The molecular weight excluding hydrogens is 421 g/mol. The molecular formula is C23H25F3N4O2. The van der Waals surface area contributed by atoms with E-state index < -0.39 is 11.9 Å². The van der Waals surface area contributed by atoms with E-state index in [0.29, 0.717) is 43.9 Å². The van der Waals surface area contributed by atoms with E-state index in [0.717, 1.165) is 21.9 Å². The average Bonchev–Trinajstić information content (AvgIpc) is 3.14. The highest BCUT2D eigenvalue weighted by molar-refractivity contribution is 5.79. The fourth-order valence-electron chi connectivity index (χ4n) is 4.10. The summed E-state index contributed by atoms with van der Waals surface area (Å²) in [6.07, 6.45) is -3.09. The summed E-state index contributed by atoms with van der Waals surface area (Å²) in [4.78, 5) is 18.9. The number of carbonyl (C=O) groups is 1. The Bertz CT molecular complexity index is 1100. The van der Waals surface area contributed by atoms with Gasteiger partial charge >= 0.3 is 6.18 Å². The molecule has 1 aliphatic rings. The number of piperidine rings is 1. The second-order valence-electron chi connectivity index (χ2n) is 8.03. The number of hydrogen-bond acceptors (Lipinski definition) is 4. The third-order valence-corrected chi connectivity index (χ3v) is 5.72. The molecule has 1 amide bonds. The van der Waals surface area contributed by atoms with E-state index in [1.54, 1.807) is 17.9 Å². The Labute approximate surface area is 184 Å². The number of alkyl halides is 3. The number of fused-ring (bicyclic) bond motifs is 1. The molecule has 1 fully saturated rings. The highest BCUT2D eigenvalue weighted by atomic mass is 19.4. The van der Waals surface area contributed by atoms with Crippen molar-refractivity contribution in [3.05, 3.63) is 59.0 Å². The Morgan fingerprint density at radius 1 is 1.16 bits per heavy atom. The number of hydrogen-bond donors (Lipinski definition) is 0. The van der Waals surface area contributed by atoms with Gasteiger partial charge in [-0.1, -0.05) is 12.1 Å². The van der Waals surface area contributed by atoms with Crippen LogP contribution in [0.25, 0.3) is 5.65 Å². The number of ether oxygens (including phenoxy) is 1. The van der Waals surface area contributed by atoms with Gasteiger partial charge in [-0.2, -0.15) is 18.3 Å². The Morgan fingerprint density at radius 3 is 2.47 bits per heavy atom. The molecule has 0 radical (unpaired) electrons. The monoisotopic (exact) mass is 446 g/mol. The van der Waals surface area contributed by atoms with Crippen molar-refractivity contribution in [3.63, 3.8) is 0 Å². The van der Waals surface area contributed by atoms with Gasteiger partial charge in [-0.3, -0.25) is 4.79 Å². The predicted molar refractivity (Wildman–Crippen MR) is 113 cm³/mol. The van der Waals surface area contributed by atoms with Gasteiger partial charge in [-0.05, 0) is 50.5 Å². The molecule has 1 saturated heterocycles. The number of likely N-dealkylation sites (tertiary alicyclic amines) is 1. The maximum Gasteiger partial charge on any atom is 0.433 e. The number of aryl methyl sites for hydroxylation is 1. The smallest absolute Gasteiger partial charge is 0.433 e. The van der Waals surface area contributed by atoms with Crippen molar-refractivity contribution < 1.29 is 22.7 Å². The highest BCUT2D eigenvalue weighted by Gasteiger charge is 2.36. The van der Waals surface area contributed by atoms with Crippen LogP contribution in [0, 0.1) is 6.92 Å². The van der Waals surface area contributed by atoms with E-state index in [1.807, 2.05) is 31.2 Å². The molecule has 3 aromatic rings. The van der Waals surface area contributed by atoms with Crippen molar-refractivity contribution in [2.75, 3.05) is 19.7 Å². The van der Waals surface area contributed by atoms with Crippen molar-refractivity contribution in [2.45, 2.75) is 45.2 Å². The van der Waals surface area contributed by atoms with E-state index in [-0.39, 0.29) is 23.9 Å². The number of halogens is 3. The molecule has 0 N–H and O–H groups in total. The summed E-state index contributed by atoms with van der Waals surface area (Å²) in [6.45, 7) is 5.12.